The number of carbonyl (C=O) groups excluding carboxylic acids is 1. The van der Waals surface area contributed by atoms with Crippen LogP contribution in [0.5, 0.6) is 0 Å². The van der Waals surface area contributed by atoms with Crippen molar-refractivity contribution in [2.45, 2.75) is 27.7 Å². The Balaban J connectivity index is 2.82. The van der Waals surface area contributed by atoms with Gasteiger partial charge < -0.3 is 15.9 Å². The van der Waals surface area contributed by atoms with Crippen LogP contribution in [-0.4, -0.2) is 41.5 Å². The van der Waals surface area contributed by atoms with Gasteiger partial charge in [-0.3, -0.25) is 14.7 Å². The van der Waals surface area contributed by atoms with Gasteiger partial charge in [0.2, 0.25) is 0 Å². The summed E-state index contributed by atoms with van der Waals surface area (Å²) in [6, 6.07) is 9.08. The summed E-state index contributed by atoms with van der Waals surface area (Å²) in [6.45, 7) is 7.26. The van der Waals surface area contributed by atoms with Crippen LogP contribution in [0.4, 0.5) is 37.1 Å². The Morgan fingerprint density at radius 3 is 1.40 bits per heavy atom. The average molecular weight is 414 g/mol. The lowest BCUT2D eigenvalue weighted by molar-refractivity contribution is 0.201. The predicted molar refractivity (Wildman–Crippen MR) is 116 cm³/mol. The Bertz CT molecular complexity index is 904. The predicted octanol–water partition coefficient (Wildman–Crippen LogP) is 4.53. The molecular weight excluding hydrogens is 388 g/mol. The number of hydrogen-bond donors (Lipinski definition) is 3. The van der Waals surface area contributed by atoms with Crippen LogP contribution in [0.15, 0.2) is 36.4 Å². The molecule has 2 aromatic carbocycles. The molecule has 0 aromatic heterocycles. The molecule has 0 saturated heterocycles. The van der Waals surface area contributed by atoms with Crippen LogP contribution in [0, 0.1) is 13.8 Å². The number of primary amides is 1. The Labute approximate surface area is 174 Å². The molecule has 0 spiro atoms. The smallest absolute Gasteiger partial charge is 0.411 e. The number of rotatable bonds is 6. The quantitative estimate of drug-likeness (QED) is 0.640. The lowest BCUT2D eigenvalue weighted by Crippen LogP contribution is -2.37. The molecule has 0 aliphatic heterocycles. The van der Waals surface area contributed by atoms with E-state index in [-0.39, 0.29) is 35.8 Å². The number of anilines is 4. The van der Waals surface area contributed by atoms with E-state index in [0.717, 1.165) is 25.8 Å². The zero-order chi connectivity index (χ0) is 22.6. The van der Waals surface area contributed by atoms with Gasteiger partial charge in [0.25, 0.3) is 0 Å². The van der Waals surface area contributed by atoms with Crippen molar-refractivity contribution in [2.75, 3.05) is 27.8 Å². The number of benzene rings is 2. The van der Waals surface area contributed by atoms with E-state index in [9.17, 15) is 24.6 Å². The number of carboxylic acid groups (broad SMARTS) is 2. The molecule has 2 rings (SSSR count). The van der Waals surface area contributed by atoms with Gasteiger partial charge in [0, 0.05) is 13.1 Å². The number of nitrogens with zero attached hydrogens (tertiary/aromatic N) is 3. The molecular formula is C21H26N4O5. The molecule has 0 heterocycles. The first-order chi connectivity index (χ1) is 14.1. The van der Waals surface area contributed by atoms with Crippen LogP contribution < -0.4 is 20.4 Å². The van der Waals surface area contributed by atoms with Crippen LogP contribution in [-0.2, 0) is 0 Å². The van der Waals surface area contributed by atoms with Crippen molar-refractivity contribution in [3.05, 3.63) is 47.5 Å². The summed E-state index contributed by atoms with van der Waals surface area (Å²) in [6.07, 6.45) is -2.36. The largest absolute Gasteiger partial charge is 0.465 e. The molecule has 0 radical (unpaired) electrons. The minimum atomic E-state index is -1.18. The van der Waals surface area contributed by atoms with E-state index in [1.54, 1.807) is 64.1 Å². The van der Waals surface area contributed by atoms with Gasteiger partial charge in [0.1, 0.15) is 0 Å². The fraction of sp³-hybridized carbons (Fsp3) is 0.286. The summed E-state index contributed by atoms with van der Waals surface area (Å²) in [7, 11) is 0. The van der Waals surface area contributed by atoms with E-state index in [1.807, 2.05) is 0 Å². The number of amides is 4. The maximum Gasteiger partial charge on any atom is 0.411 e. The molecule has 0 unspecified atom stereocenters. The van der Waals surface area contributed by atoms with Gasteiger partial charge in [-0.2, -0.15) is 0 Å². The fourth-order valence-electron chi connectivity index (χ4n) is 3.26. The van der Waals surface area contributed by atoms with Gasteiger partial charge in [-0.15, -0.1) is 0 Å². The highest BCUT2D eigenvalue weighted by atomic mass is 16.4. The Morgan fingerprint density at radius 2 is 1.13 bits per heavy atom. The third-order valence-corrected chi connectivity index (χ3v) is 4.64. The maximum absolute atomic E-state index is 12.6. The third-order valence-electron chi connectivity index (χ3n) is 4.64. The Morgan fingerprint density at radius 1 is 0.767 bits per heavy atom. The number of aryl methyl sites for hydroxylation is 2. The number of nitrogens with two attached hydrogens (primary N) is 1. The minimum Gasteiger partial charge on any atom is -0.465 e. The lowest BCUT2D eigenvalue weighted by Gasteiger charge is -2.31. The monoisotopic (exact) mass is 414 g/mol. The molecule has 0 fully saturated rings. The topological polar surface area (TPSA) is 127 Å². The normalized spacial score (nSPS) is 10.4. The van der Waals surface area contributed by atoms with Crippen LogP contribution in [0.25, 0.3) is 0 Å². The van der Waals surface area contributed by atoms with Gasteiger partial charge >= 0.3 is 18.2 Å². The zero-order valence-electron chi connectivity index (χ0n) is 17.4. The van der Waals surface area contributed by atoms with Crippen molar-refractivity contribution in [3.63, 3.8) is 0 Å². The summed E-state index contributed by atoms with van der Waals surface area (Å²) < 4.78 is 0. The summed E-state index contributed by atoms with van der Waals surface area (Å²) in [5.41, 5.74) is 8.32. The van der Waals surface area contributed by atoms with E-state index < -0.39 is 18.2 Å². The lowest BCUT2D eigenvalue weighted by atomic mass is 10.1. The summed E-state index contributed by atoms with van der Waals surface area (Å²) in [5, 5.41) is 19.3. The van der Waals surface area contributed by atoms with Gasteiger partial charge in [-0.05, 0) is 63.1 Å². The molecule has 0 bridgehead atoms. The first kappa shape index (κ1) is 22.5. The third kappa shape index (κ3) is 4.45. The van der Waals surface area contributed by atoms with Crippen LogP contribution >= 0.6 is 0 Å². The van der Waals surface area contributed by atoms with Crippen LogP contribution in [0.3, 0.4) is 0 Å². The summed E-state index contributed by atoms with van der Waals surface area (Å²) in [4.78, 5) is 39.5. The minimum absolute atomic E-state index is 0.148. The van der Waals surface area contributed by atoms with Gasteiger partial charge in [-0.1, -0.05) is 12.1 Å². The van der Waals surface area contributed by atoms with Crippen molar-refractivity contribution in [2.24, 2.45) is 5.73 Å². The van der Waals surface area contributed by atoms with Crippen LogP contribution in [0.1, 0.15) is 25.0 Å². The Kier molecular flexibility index (Phi) is 6.89. The number of hydrogen-bond acceptors (Lipinski definition) is 3. The molecule has 4 amide bonds. The van der Waals surface area contributed by atoms with Crippen molar-refractivity contribution in [1.29, 1.82) is 0 Å². The second-order valence-corrected chi connectivity index (χ2v) is 6.71. The van der Waals surface area contributed by atoms with Crippen molar-refractivity contribution < 1.29 is 24.6 Å². The number of urea groups is 1. The molecule has 30 heavy (non-hydrogen) atoms. The molecule has 0 aliphatic carbocycles. The molecule has 0 aliphatic rings. The van der Waals surface area contributed by atoms with Crippen molar-refractivity contribution >= 4 is 41.0 Å². The van der Waals surface area contributed by atoms with E-state index in [4.69, 9.17) is 5.73 Å². The van der Waals surface area contributed by atoms with Gasteiger partial charge in [0.05, 0.1) is 22.7 Å². The fourth-order valence-corrected chi connectivity index (χ4v) is 3.26. The maximum atomic E-state index is 12.6. The standard InChI is InChI=1S/C21H26N4O5/c1-5-23(20(27)28)17-11-13(3)7-9-15(17)25(19(22)26)16-10-8-14(4)12-18(16)24(6-2)21(29)30/h7-12H,5-6H2,1-4H3,(H2,22,26)(H,27,28)(H,29,30). The molecule has 2 aromatic rings. The van der Waals surface area contributed by atoms with Gasteiger partial charge in [0.15, 0.2) is 0 Å². The zero-order valence-corrected chi connectivity index (χ0v) is 17.4. The average Bonchev–Trinajstić information content (AvgIpc) is 2.65. The molecule has 0 saturated carbocycles. The number of carbonyl (C=O) groups is 3. The summed E-state index contributed by atoms with van der Waals surface area (Å²) >= 11 is 0. The molecule has 4 N–H and O–H groups in total. The second-order valence-electron chi connectivity index (χ2n) is 6.71. The van der Waals surface area contributed by atoms with Crippen molar-refractivity contribution in [1.82, 2.24) is 0 Å². The molecule has 9 nitrogen and oxygen atoms in total. The van der Waals surface area contributed by atoms with Gasteiger partial charge in [-0.25, -0.2) is 14.4 Å². The van der Waals surface area contributed by atoms with E-state index >= 15 is 0 Å². The molecule has 0 atom stereocenters. The highest BCUT2D eigenvalue weighted by Gasteiger charge is 2.28. The highest BCUT2D eigenvalue weighted by molar-refractivity contribution is 6.07. The van der Waals surface area contributed by atoms with E-state index in [1.165, 1.54) is 0 Å². The molecule has 9 heteroatoms. The van der Waals surface area contributed by atoms with E-state index in [2.05, 4.69) is 0 Å². The Hall–Kier alpha value is -3.75. The first-order valence-corrected chi connectivity index (χ1v) is 9.44. The first-order valence-electron chi connectivity index (χ1n) is 9.44. The SMILES string of the molecule is CCN(C(=O)O)c1cc(C)ccc1N(C(N)=O)c1ccc(C)cc1N(CC)C(=O)O. The second kappa shape index (κ2) is 9.17. The summed E-state index contributed by atoms with van der Waals surface area (Å²) in [5.74, 6) is 0. The van der Waals surface area contributed by atoms with E-state index in [0.29, 0.717) is 0 Å². The van der Waals surface area contributed by atoms with Crippen molar-refractivity contribution in [3.8, 4) is 0 Å². The molecule has 160 valence electrons. The van der Waals surface area contributed by atoms with Crippen LogP contribution in [0.2, 0.25) is 0 Å². The highest BCUT2D eigenvalue weighted by Crippen LogP contribution is 2.40.